The van der Waals surface area contributed by atoms with Crippen molar-refractivity contribution in [2.24, 2.45) is 0 Å². The molecular weight excluding hydrogens is 392 g/mol. The average molecular weight is 425 g/mol. The van der Waals surface area contributed by atoms with Gasteiger partial charge in [-0.3, -0.25) is 9.47 Å². The number of rotatable bonds is 9. The second kappa shape index (κ2) is 10.2. The maximum Gasteiger partial charge on any atom is 0.218 e. The van der Waals surface area contributed by atoms with Crippen LogP contribution in [0, 0.1) is 6.92 Å². The van der Waals surface area contributed by atoms with E-state index in [1.165, 1.54) is 29.8 Å². The molecule has 1 aliphatic rings. The monoisotopic (exact) mass is 424 g/mol. The molecule has 7 heteroatoms. The van der Waals surface area contributed by atoms with Gasteiger partial charge in [0.05, 0.1) is 0 Å². The maximum atomic E-state index is 4.49. The van der Waals surface area contributed by atoms with Crippen LogP contribution in [0.1, 0.15) is 30.2 Å². The second-order valence-corrected chi connectivity index (χ2v) is 8.91. The summed E-state index contributed by atoms with van der Waals surface area (Å²) in [7, 11) is 0. The quantitative estimate of drug-likeness (QED) is 0.533. The summed E-state index contributed by atoms with van der Waals surface area (Å²) in [6.07, 6.45) is 4.34. The molecule has 1 aliphatic heterocycles. The van der Waals surface area contributed by atoms with Crippen molar-refractivity contribution in [2.45, 2.75) is 33.2 Å². The Hall–Kier alpha value is -2.22. The first-order valence-electron chi connectivity index (χ1n) is 11.0. The molecule has 2 aromatic heterocycles. The van der Waals surface area contributed by atoms with Gasteiger partial charge in [-0.05, 0) is 50.6 Å². The van der Waals surface area contributed by atoms with Crippen LogP contribution in [-0.2, 0) is 13.0 Å². The zero-order chi connectivity index (χ0) is 20.8. The number of nitrogens with one attached hydrogen (secondary N) is 1. The highest BCUT2D eigenvalue weighted by Crippen LogP contribution is 2.25. The van der Waals surface area contributed by atoms with Crippen LogP contribution in [0.3, 0.4) is 0 Å². The number of hydrogen-bond donors (Lipinski definition) is 1. The van der Waals surface area contributed by atoms with Crippen LogP contribution < -0.4 is 10.2 Å². The van der Waals surface area contributed by atoms with E-state index in [1.807, 2.05) is 0 Å². The third-order valence-corrected chi connectivity index (χ3v) is 6.63. The fraction of sp³-hybridized carbons (Fsp3) is 0.478. The standard InChI is InChI=1S/C23H32N6S/c1-3-12-27-14-16-28(17-15-27)22-25-26-23(30-22)29-13-4-5-21(29)18-24-11-10-20-8-6-19(2)7-9-20/h4-9,13,24H,3,10-12,14-18H2,1-2H3. The fourth-order valence-corrected chi connectivity index (χ4v) is 4.78. The fourth-order valence-electron chi connectivity index (χ4n) is 3.86. The molecule has 1 saturated heterocycles. The first-order chi connectivity index (χ1) is 14.7. The Balaban J connectivity index is 1.30. The lowest BCUT2D eigenvalue weighted by Crippen LogP contribution is -2.46. The van der Waals surface area contributed by atoms with Gasteiger partial charge in [-0.25, -0.2) is 0 Å². The number of piperazine rings is 1. The lowest BCUT2D eigenvalue weighted by atomic mass is 10.1. The van der Waals surface area contributed by atoms with Gasteiger partial charge in [-0.2, -0.15) is 0 Å². The van der Waals surface area contributed by atoms with Gasteiger partial charge in [0.15, 0.2) is 0 Å². The van der Waals surface area contributed by atoms with Gasteiger partial charge in [-0.1, -0.05) is 48.1 Å². The molecule has 0 bridgehead atoms. The van der Waals surface area contributed by atoms with Gasteiger partial charge in [0.1, 0.15) is 0 Å². The Labute approximate surface area is 183 Å². The summed E-state index contributed by atoms with van der Waals surface area (Å²) >= 11 is 1.68. The SMILES string of the molecule is CCCN1CCN(c2nnc(-n3cccc3CNCCc3ccc(C)cc3)s2)CC1. The maximum absolute atomic E-state index is 4.49. The molecule has 1 N–H and O–H groups in total. The van der Waals surface area contributed by atoms with Crippen LogP contribution in [-0.4, -0.2) is 58.9 Å². The first kappa shape index (κ1) is 21.0. The summed E-state index contributed by atoms with van der Waals surface area (Å²) < 4.78 is 2.16. The number of anilines is 1. The molecular formula is C23H32N6S. The molecule has 3 heterocycles. The number of benzene rings is 1. The van der Waals surface area contributed by atoms with E-state index >= 15 is 0 Å². The summed E-state index contributed by atoms with van der Waals surface area (Å²) in [6.45, 7) is 11.6. The van der Waals surface area contributed by atoms with Gasteiger partial charge in [0.2, 0.25) is 10.3 Å². The molecule has 1 fully saturated rings. The van der Waals surface area contributed by atoms with E-state index in [0.29, 0.717) is 0 Å². The van der Waals surface area contributed by atoms with E-state index in [4.69, 9.17) is 0 Å². The summed E-state index contributed by atoms with van der Waals surface area (Å²) in [4.78, 5) is 4.90. The van der Waals surface area contributed by atoms with Crippen LogP contribution in [0.25, 0.3) is 5.13 Å². The zero-order valence-corrected chi connectivity index (χ0v) is 18.9. The zero-order valence-electron chi connectivity index (χ0n) is 18.0. The second-order valence-electron chi connectivity index (χ2n) is 7.98. The van der Waals surface area contributed by atoms with Gasteiger partial charge in [-0.15, -0.1) is 10.2 Å². The molecule has 3 aromatic rings. The highest BCUT2D eigenvalue weighted by molar-refractivity contribution is 7.17. The normalized spacial score (nSPS) is 15.1. The van der Waals surface area contributed by atoms with Crippen molar-refractivity contribution in [1.29, 1.82) is 0 Å². The Kier molecular flexibility index (Phi) is 7.15. The summed E-state index contributed by atoms with van der Waals surface area (Å²) in [5, 5.41) is 14.5. The van der Waals surface area contributed by atoms with Crippen molar-refractivity contribution < 1.29 is 0 Å². The van der Waals surface area contributed by atoms with Gasteiger partial charge >= 0.3 is 0 Å². The molecule has 0 unspecified atom stereocenters. The van der Waals surface area contributed by atoms with Crippen molar-refractivity contribution >= 4 is 16.5 Å². The molecule has 0 aliphatic carbocycles. The van der Waals surface area contributed by atoms with E-state index < -0.39 is 0 Å². The number of hydrogen-bond acceptors (Lipinski definition) is 6. The highest BCUT2D eigenvalue weighted by Gasteiger charge is 2.20. The van der Waals surface area contributed by atoms with Crippen molar-refractivity contribution in [3.63, 3.8) is 0 Å². The predicted octanol–water partition coefficient (Wildman–Crippen LogP) is 3.50. The van der Waals surface area contributed by atoms with Crippen LogP contribution >= 0.6 is 11.3 Å². The Morgan fingerprint density at radius 3 is 2.53 bits per heavy atom. The van der Waals surface area contributed by atoms with Crippen LogP contribution in [0.15, 0.2) is 42.6 Å². The van der Waals surface area contributed by atoms with E-state index in [1.54, 1.807) is 11.3 Å². The molecule has 0 radical (unpaired) electrons. The highest BCUT2D eigenvalue weighted by atomic mass is 32.1. The Morgan fingerprint density at radius 2 is 1.77 bits per heavy atom. The van der Waals surface area contributed by atoms with E-state index in [9.17, 15) is 0 Å². The molecule has 0 spiro atoms. The average Bonchev–Trinajstić information content (AvgIpc) is 3.43. The van der Waals surface area contributed by atoms with Crippen LogP contribution in [0.2, 0.25) is 0 Å². The van der Waals surface area contributed by atoms with Gasteiger partial charge < -0.3 is 10.2 Å². The third-order valence-electron chi connectivity index (χ3n) is 5.64. The van der Waals surface area contributed by atoms with E-state index in [-0.39, 0.29) is 0 Å². The lowest BCUT2D eigenvalue weighted by molar-refractivity contribution is 0.258. The van der Waals surface area contributed by atoms with E-state index in [2.05, 4.69) is 86.3 Å². The van der Waals surface area contributed by atoms with Gasteiger partial charge in [0.25, 0.3) is 0 Å². The molecule has 0 amide bonds. The molecule has 0 saturated carbocycles. The lowest BCUT2D eigenvalue weighted by Gasteiger charge is -2.33. The molecule has 160 valence electrons. The predicted molar refractivity (Wildman–Crippen MR) is 125 cm³/mol. The smallest absolute Gasteiger partial charge is 0.218 e. The largest absolute Gasteiger partial charge is 0.344 e. The topological polar surface area (TPSA) is 49.2 Å². The summed E-state index contributed by atoms with van der Waals surface area (Å²) in [6, 6.07) is 13.0. The van der Waals surface area contributed by atoms with Gasteiger partial charge in [0, 0.05) is 44.6 Å². The van der Waals surface area contributed by atoms with E-state index in [0.717, 1.165) is 56.0 Å². The molecule has 6 nitrogen and oxygen atoms in total. The summed E-state index contributed by atoms with van der Waals surface area (Å²) in [5.41, 5.74) is 3.90. The molecule has 1 aromatic carbocycles. The number of nitrogens with zero attached hydrogens (tertiary/aromatic N) is 5. The number of aryl methyl sites for hydroxylation is 1. The molecule has 4 rings (SSSR count). The summed E-state index contributed by atoms with van der Waals surface area (Å²) in [5.74, 6) is 0. The minimum absolute atomic E-state index is 0.823. The van der Waals surface area contributed by atoms with Crippen molar-refractivity contribution in [1.82, 2.24) is 25.0 Å². The van der Waals surface area contributed by atoms with Crippen LogP contribution in [0.5, 0.6) is 0 Å². The first-order valence-corrected chi connectivity index (χ1v) is 11.8. The number of aromatic nitrogens is 3. The van der Waals surface area contributed by atoms with Crippen molar-refractivity contribution in [3.8, 4) is 5.13 Å². The van der Waals surface area contributed by atoms with Crippen LogP contribution in [0.4, 0.5) is 5.13 Å². The third kappa shape index (κ3) is 5.28. The minimum atomic E-state index is 0.823. The molecule has 30 heavy (non-hydrogen) atoms. The van der Waals surface area contributed by atoms with Crippen molar-refractivity contribution in [2.75, 3.05) is 44.2 Å². The van der Waals surface area contributed by atoms with Crippen molar-refractivity contribution in [3.05, 3.63) is 59.4 Å². The Bertz CT molecular complexity index is 908. The Morgan fingerprint density at radius 1 is 1.00 bits per heavy atom. The molecule has 0 atom stereocenters. The minimum Gasteiger partial charge on any atom is -0.344 e.